The maximum atomic E-state index is 12.3. The normalized spacial score (nSPS) is 17.9. The molecule has 236 valence electrons. The zero-order chi connectivity index (χ0) is 31.0. The van der Waals surface area contributed by atoms with Crippen molar-refractivity contribution in [3.05, 3.63) is 34.4 Å². The molecule has 0 aliphatic carbocycles. The van der Waals surface area contributed by atoms with Crippen LogP contribution >= 0.6 is 0 Å². The van der Waals surface area contributed by atoms with Gasteiger partial charge in [0, 0.05) is 17.7 Å². The Kier molecular flexibility index (Phi) is 12.1. The number of ether oxygens (including phenoxy) is 2. The molecular formula is C35H55NO6. The number of hydrogen-bond acceptors (Lipinski definition) is 6. The van der Waals surface area contributed by atoms with Crippen LogP contribution in [0.5, 0.6) is 23.3 Å². The van der Waals surface area contributed by atoms with E-state index in [0.717, 1.165) is 65.0 Å². The second-order valence-electron chi connectivity index (χ2n) is 13.5. The molecular weight excluding hydrogens is 530 g/mol. The number of aromatic hydroxyl groups is 2. The summed E-state index contributed by atoms with van der Waals surface area (Å²) in [7, 11) is 0. The fourth-order valence-electron chi connectivity index (χ4n) is 6.23. The monoisotopic (exact) mass is 585 g/mol. The Morgan fingerprint density at radius 1 is 0.905 bits per heavy atom. The third kappa shape index (κ3) is 9.08. The van der Waals surface area contributed by atoms with Gasteiger partial charge in [0.25, 0.3) is 0 Å². The topological polar surface area (TPSA) is 90.2 Å². The third-order valence-electron chi connectivity index (χ3n) is 9.16. The van der Waals surface area contributed by atoms with E-state index in [1.165, 1.54) is 63.5 Å². The number of aromatic nitrogens is 1. The van der Waals surface area contributed by atoms with Gasteiger partial charge in [-0.3, -0.25) is 0 Å². The quantitative estimate of drug-likeness (QED) is 0.206. The molecule has 0 radical (unpaired) electrons. The van der Waals surface area contributed by atoms with Gasteiger partial charge < -0.3 is 24.5 Å². The molecule has 0 saturated carbocycles. The van der Waals surface area contributed by atoms with Gasteiger partial charge in [-0.2, -0.15) is 0 Å². The lowest BCUT2D eigenvalue weighted by atomic mass is 9.83. The van der Waals surface area contributed by atoms with Crippen LogP contribution in [0.3, 0.4) is 0 Å². The molecule has 2 heterocycles. The van der Waals surface area contributed by atoms with Gasteiger partial charge in [-0.1, -0.05) is 72.6 Å². The largest absolute Gasteiger partial charge is 0.492 e. The van der Waals surface area contributed by atoms with E-state index in [2.05, 4.69) is 34.6 Å². The Morgan fingerprint density at radius 2 is 1.48 bits per heavy atom. The van der Waals surface area contributed by atoms with Gasteiger partial charge in [-0.25, -0.2) is 4.79 Å². The summed E-state index contributed by atoms with van der Waals surface area (Å²) in [5.41, 5.74) is 3.88. The lowest BCUT2D eigenvalue weighted by Crippen LogP contribution is -2.37. The fourth-order valence-corrected chi connectivity index (χ4v) is 6.23. The third-order valence-corrected chi connectivity index (χ3v) is 9.16. The van der Waals surface area contributed by atoms with Crippen molar-refractivity contribution in [1.29, 1.82) is 0 Å². The molecule has 1 aromatic heterocycles. The van der Waals surface area contributed by atoms with Crippen molar-refractivity contribution in [3.8, 4) is 23.3 Å². The highest BCUT2D eigenvalue weighted by molar-refractivity contribution is 5.72. The van der Waals surface area contributed by atoms with Crippen LogP contribution in [-0.4, -0.2) is 33.1 Å². The highest BCUT2D eigenvalue weighted by atomic mass is 16.7. The van der Waals surface area contributed by atoms with Crippen molar-refractivity contribution in [2.24, 2.45) is 17.8 Å². The van der Waals surface area contributed by atoms with Gasteiger partial charge in [0.15, 0.2) is 6.61 Å². The Labute approximate surface area is 253 Å². The zero-order valence-electron chi connectivity index (χ0n) is 27.3. The molecule has 0 saturated heterocycles. The summed E-state index contributed by atoms with van der Waals surface area (Å²) in [6.07, 6.45) is 13.4. The first kappa shape index (κ1) is 33.7. The van der Waals surface area contributed by atoms with Crippen molar-refractivity contribution in [2.75, 3.05) is 6.61 Å². The van der Waals surface area contributed by atoms with Gasteiger partial charge in [0.05, 0.1) is 0 Å². The fraction of sp³-hybridized carbons (Fsp3) is 0.686. The SMILES string of the molecule is Cc1c(C)c2c(c(C)c1OCC(=O)On1c(O)ccc1O)CCC(C)(CCCC(C)CCCC(C)CCCC(C)C)O2. The lowest BCUT2D eigenvalue weighted by molar-refractivity contribution is -0.147. The summed E-state index contributed by atoms with van der Waals surface area (Å²) >= 11 is 0. The summed E-state index contributed by atoms with van der Waals surface area (Å²) in [5.74, 6) is 2.53. The van der Waals surface area contributed by atoms with Crippen molar-refractivity contribution in [1.82, 2.24) is 4.73 Å². The first-order valence-electron chi connectivity index (χ1n) is 16.1. The number of nitrogens with zero attached hydrogens (tertiary/aromatic N) is 1. The van der Waals surface area contributed by atoms with Gasteiger partial charge in [-0.05, 0) is 87.8 Å². The maximum Gasteiger partial charge on any atom is 0.370 e. The smallest absolute Gasteiger partial charge is 0.370 e. The molecule has 0 spiro atoms. The van der Waals surface area contributed by atoms with Crippen molar-refractivity contribution in [3.63, 3.8) is 0 Å². The molecule has 3 unspecified atom stereocenters. The number of fused-ring (bicyclic) bond motifs is 1. The Morgan fingerprint density at radius 3 is 2.07 bits per heavy atom. The summed E-state index contributed by atoms with van der Waals surface area (Å²) in [4.78, 5) is 17.4. The standard InChI is InChI=1S/C35H55NO6/c1-23(2)12-9-13-24(3)14-10-15-25(4)16-11-20-35(8)21-19-29-28(7)33(26(5)27(6)34(29)41-35)40-22-32(39)42-36-30(37)17-18-31(36)38/h17-18,23-25,37-38H,9-16,19-22H2,1-8H3. The van der Waals surface area contributed by atoms with E-state index in [-0.39, 0.29) is 24.0 Å². The summed E-state index contributed by atoms with van der Waals surface area (Å²) in [6, 6.07) is 2.47. The molecule has 0 amide bonds. The molecule has 0 fully saturated rings. The van der Waals surface area contributed by atoms with Crippen molar-refractivity contribution in [2.45, 2.75) is 132 Å². The lowest BCUT2D eigenvalue weighted by Gasteiger charge is -2.38. The van der Waals surface area contributed by atoms with Gasteiger partial charge >= 0.3 is 5.97 Å². The molecule has 1 aliphatic rings. The van der Waals surface area contributed by atoms with E-state index < -0.39 is 5.97 Å². The molecule has 7 heteroatoms. The highest BCUT2D eigenvalue weighted by Gasteiger charge is 2.34. The first-order chi connectivity index (χ1) is 19.8. The predicted octanol–water partition coefficient (Wildman–Crippen LogP) is 8.38. The molecule has 2 aromatic rings. The van der Waals surface area contributed by atoms with Crippen LogP contribution < -0.4 is 14.3 Å². The van der Waals surface area contributed by atoms with Crippen LogP contribution in [0.1, 0.15) is 121 Å². The number of carbonyl (C=O) groups is 1. The molecule has 3 atom stereocenters. The number of rotatable bonds is 16. The minimum absolute atomic E-state index is 0.186. The number of hydrogen-bond donors (Lipinski definition) is 2. The molecule has 7 nitrogen and oxygen atoms in total. The minimum Gasteiger partial charge on any atom is -0.492 e. The average Bonchev–Trinajstić information content (AvgIpc) is 3.23. The van der Waals surface area contributed by atoms with Crippen LogP contribution in [0, 0.1) is 38.5 Å². The molecule has 2 N–H and O–H groups in total. The summed E-state index contributed by atoms with van der Waals surface area (Å²) in [6.45, 7) is 17.4. The van der Waals surface area contributed by atoms with E-state index in [4.69, 9.17) is 14.3 Å². The van der Waals surface area contributed by atoms with E-state index >= 15 is 0 Å². The van der Waals surface area contributed by atoms with E-state index in [0.29, 0.717) is 10.5 Å². The molecule has 0 bridgehead atoms. The Balaban J connectivity index is 1.49. The Bertz CT molecular complexity index is 1170. The van der Waals surface area contributed by atoms with Crippen LogP contribution in [0.15, 0.2) is 12.1 Å². The highest BCUT2D eigenvalue weighted by Crippen LogP contribution is 2.45. The first-order valence-corrected chi connectivity index (χ1v) is 16.1. The Hall–Kier alpha value is -2.83. The average molecular weight is 586 g/mol. The zero-order valence-corrected chi connectivity index (χ0v) is 27.3. The van der Waals surface area contributed by atoms with Crippen LogP contribution in [0.4, 0.5) is 0 Å². The van der Waals surface area contributed by atoms with Crippen LogP contribution in [-0.2, 0) is 11.2 Å². The molecule has 1 aromatic carbocycles. The van der Waals surface area contributed by atoms with E-state index in [1.807, 2.05) is 20.8 Å². The van der Waals surface area contributed by atoms with Crippen molar-refractivity contribution >= 4 is 5.97 Å². The molecule has 42 heavy (non-hydrogen) atoms. The molecule has 3 rings (SSSR count). The molecule has 1 aliphatic heterocycles. The maximum absolute atomic E-state index is 12.3. The van der Waals surface area contributed by atoms with Gasteiger partial charge in [0.1, 0.15) is 17.1 Å². The summed E-state index contributed by atoms with van der Waals surface area (Å²) < 4.78 is 13.3. The van der Waals surface area contributed by atoms with Gasteiger partial charge in [0.2, 0.25) is 11.8 Å². The number of benzene rings is 1. The summed E-state index contributed by atoms with van der Waals surface area (Å²) in [5, 5.41) is 19.4. The van der Waals surface area contributed by atoms with Gasteiger partial charge in [-0.15, -0.1) is 4.73 Å². The van der Waals surface area contributed by atoms with Crippen LogP contribution in [0.2, 0.25) is 0 Å². The van der Waals surface area contributed by atoms with E-state index in [9.17, 15) is 15.0 Å². The minimum atomic E-state index is -0.736. The van der Waals surface area contributed by atoms with Crippen LogP contribution in [0.25, 0.3) is 0 Å². The number of carbonyl (C=O) groups excluding carboxylic acids is 1. The van der Waals surface area contributed by atoms with E-state index in [1.54, 1.807) is 0 Å². The second kappa shape index (κ2) is 15.1. The second-order valence-corrected chi connectivity index (χ2v) is 13.5. The van der Waals surface area contributed by atoms with Crippen molar-refractivity contribution < 1.29 is 29.3 Å². The predicted molar refractivity (Wildman–Crippen MR) is 168 cm³/mol.